The second-order valence-corrected chi connectivity index (χ2v) is 9.28. The first-order valence-electron chi connectivity index (χ1n) is 8.39. The summed E-state index contributed by atoms with van der Waals surface area (Å²) in [6, 6.07) is 12.2. The van der Waals surface area contributed by atoms with Crippen molar-refractivity contribution in [3.8, 4) is 5.69 Å². The van der Waals surface area contributed by atoms with Gasteiger partial charge in [-0.2, -0.15) is 10.9 Å². The molecule has 4 nitrogen and oxygen atoms in total. The summed E-state index contributed by atoms with van der Waals surface area (Å²) in [5, 5.41) is 13.9. The van der Waals surface area contributed by atoms with Crippen molar-refractivity contribution in [2.24, 2.45) is 0 Å². The Balaban J connectivity index is 0.000000175. The van der Waals surface area contributed by atoms with Gasteiger partial charge in [0.05, 0.1) is 0 Å². The van der Waals surface area contributed by atoms with Gasteiger partial charge in [0, 0.05) is 0 Å². The van der Waals surface area contributed by atoms with Gasteiger partial charge in [-0.3, -0.25) is 6.08 Å². The van der Waals surface area contributed by atoms with E-state index in [0.29, 0.717) is 0 Å². The number of halogens is 2. The van der Waals surface area contributed by atoms with Crippen LogP contribution in [0, 0.1) is 6.08 Å². The van der Waals surface area contributed by atoms with Gasteiger partial charge in [0.15, 0.2) is 6.33 Å². The number of unbranched alkanes of at least 4 members (excludes halogenated alkanes) is 1. The van der Waals surface area contributed by atoms with Gasteiger partial charge in [0.1, 0.15) is 0 Å². The second kappa shape index (κ2) is 12.3. The van der Waals surface area contributed by atoms with Gasteiger partial charge < -0.3 is 0 Å². The van der Waals surface area contributed by atoms with Crippen LogP contribution in [0.1, 0.15) is 32.6 Å². The van der Waals surface area contributed by atoms with E-state index in [9.17, 15) is 0 Å². The van der Waals surface area contributed by atoms with E-state index in [2.05, 4.69) is 52.7 Å². The van der Waals surface area contributed by atoms with Crippen LogP contribution in [-0.4, -0.2) is 20.2 Å². The number of hydrogen-bond donors (Lipinski definition) is 0. The van der Waals surface area contributed by atoms with Crippen LogP contribution in [0.25, 0.3) is 16.5 Å². The first-order chi connectivity index (χ1) is 12.8. The van der Waals surface area contributed by atoms with Crippen molar-refractivity contribution in [3.05, 3.63) is 66.5 Å². The van der Waals surface area contributed by atoms with Gasteiger partial charge in [-0.05, 0) is 10.9 Å². The van der Waals surface area contributed by atoms with E-state index in [4.69, 9.17) is 17.0 Å². The molecule has 0 atom stereocenters. The van der Waals surface area contributed by atoms with Gasteiger partial charge in [-0.15, -0.1) is 57.7 Å². The van der Waals surface area contributed by atoms with Crippen molar-refractivity contribution in [2.45, 2.75) is 32.6 Å². The number of fused-ring (bicyclic) bond motifs is 1. The number of allylic oxidation sites excluding steroid dienone is 4. The minimum atomic E-state index is -0.826. The maximum absolute atomic E-state index is 4.93. The molecule has 1 aliphatic carbocycles. The Hall–Kier alpha value is -1.16. The van der Waals surface area contributed by atoms with Crippen LogP contribution in [0.2, 0.25) is 0 Å². The molecule has 0 radical (unpaired) electrons. The van der Waals surface area contributed by atoms with Crippen molar-refractivity contribution in [3.63, 3.8) is 0 Å². The minimum Gasteiger partial charge on any atom is -0.151 e. The van der Waals surface area contributed by atoms with Gasteiger partial charge >= 0.3 is 37.9 Å². The molecule has 0 unspecified atom stereocenters. The molecule has 1 aliphatic rings. The quantitative estimate of drug-likeness (QED) is 0.458. The standard InChI is InChI=1S/C10H7N4.C9H13.2ClH.Zr/c1-2-4-9-6-10(5-8(9)3-1)14-12-7-11-13-14;1-2-3-6-9-7-4-5-8-9;;;/h1-7H;4,7H,2-3,5-6H2,1H3;2*1H;/q2*-1;;;+4/p-2. The van der Waals surface area contributed by atoms with Gasteiger partial charge in [0.25, 0.3) is 0 Å². The molecule has 0 aliphatic heterocycles. The molecular formula is C19H20Cl2N4Zr. The first-order valence-corrected chi connectivity index (χ1v) is 14.7. The van der Waals surface area contributed by atoms with E-state index in [1.807, 2.05) is 24.3 Å². The summed E-state index contributed by atoms with van der Waals surface area (Å²) in [5.41, 5.74) is 2.36. The first kappa shape index (κ1) is 21.1. The Morgan fingerprint density at radius 3 is 2.73 bits per heavy atom. The number of hydrogen-bond acceptors (Lipinski definition) is 3. The third-order valence-electron chi connectivity index (χ3n) is 3.75. The molecule has 134 valence electrons. The summed E-state index contributed by atoms with van der Waals surface area (Å²) in [6.45, 7) is 2.22. The number of benzene rings is 1. The third kappa shape index (κ3) is 6.87. The Labute approximate surface area is 172 Å². The van der Waals surface area contributed by atoms with Crippen LogP contribution in [0.15, 0.2) is 60.5 Å². The van der Waals surface area contributed by atoms with Crippen molar-refractivity contribution in [2.75, 3.05) is 0 Å². The summed E-state index contributed by atoms with van der Waals surface area (Å²) in [7, 11) is 9.87. The molecule has 0 spiro atoms. The maximum atomic E-state index is 4.93. The van der Waals surface area contributed by atoms with E-state index < -0.39 is 20.8 Å². The zero-order chi connectivity index (χ0) is 18.6. The Kier molecular flexibility index (Phi) is 9.98. The molecule has 1 aromatic heterocycles. The monoisotopic (exact) mass is 464 g/mol. The maximum Gasteiger partial charge on any atom is 0.162 e. The van der Waals surface area contributed by atoms with Gasteiger partial charge in [-0.25, -0.2) is 11.6 Å². The topological polar surface area (TPSA) is 43.6 Å². The molecule has 4 rings (SSSR count). The largest absolute Gasteiger partial charge is 0.162 e. The Morgan fingerprint density at radius 1 is 1.31 bits per heavy atom. The molecule has 0 saturated carbocycles. The van der Waals surface area contributed by atoms with Crippen LogP contribution in [0.3, 0.4) is 0 Å². The van der Waals surface area contributed by atoms with Gasteiger partial charge in [0.2, 0.25) is 0 Å². The smallest absolute Gasteiger partial charge is 0.151 e. The molecule has 0 fully saturated rings. The molecule has 0 bridgehead atoms. The van der Waals surface area contributed by atoms with E-state index in [1.54, 1.807) is 0 Å². The molecule has 0 saturated heterocycles. The summed E-state index contributed by atoms with van der Waals surface area (Å²) in [6.07, 6.45) is 14.0. The fourth-order valence-corrected chi connectivity index (χ4v) is 2.52. The third-order valence-corrected chi connectivity index (χ3v) is 3.75. The number of rotatable bonds is 4. The SMILES string of the molecule is CCCCC1=[C-]CC=C1.[Cl][Zr+2][Cl].c1ccc2[cH-]c(-n3ncnn3)cc2c1. The Morgan fingerprint density at radius 2 is 2.12 bits per heavy atom. The molecule has 3 aromatic rings. The normalized spacial score (nSPS) is 11.9. The Bertz CT molecular complexity index is 792. The van der Waals surface area contributed by atoms with Crippen LogP contribution < -0.4 is 0 Å². The number of aromatic nitrogens is 4. The van der Waals surface area contributed by atoms with E-state index in [1.165, 1.54) is 46.7 Å². The van der Waals surface area contributed by atoms with E-state index in [0.717, 1.165) is 12.1 Å². The van der Waals surface area contributed by atoms with Crippen molar-refractivity contribution < 1.29 is 20.8 Å². The van der Waals surface area contributed by atoms with Crippen LogP contribution >= 0.6 is 17.0 Å². The molecule has 0 amide bonds. The van der Waals surface area contributed by atoms with E-state index in [-0.39, 0.29) is 0 Å². The van der Waals surface area contributed by atoms with Crippen LogP contribution in [-0.2, 0) is 20.8 Å². The predicted molar refractivity (Wildman–Crippen MR) is 104 cm³/mol. The molecule has 0 N–H and O–H groups in total. The van der Waals surface area contributed by atoms with Crippen molar-refractivity contribution in [1.29, 1.82) is 0 Å². The molecule has 1 heterocycles. The predicted octanol–water partition coefficient (Wildman–Crippen LogP) is 5.78. The van der Waals surface area contributed by atoms with Crippen molar-refractivity contribution >= 4 is 27.8 Å². The van der Waals surface area contributed by atoms with Gasteiger partial charge in [-0.1, -0.05) is 32.3 Å². The average Bonchev–Trinajstić information content (AvgIpc) is 3.42. The second-order valence-electron chi connectivity index (χ2n) is 5.55. The summed E-state index contributed by atoms with van der Waals surface area (Å²) in [5.74, 6) is 0. The zero-order valence-electron chi connectivity index (χ0n) is 14.6. The number of tetrazole rings is 1. The molecule has 7 heteroatoms. The minimum absolute atomic E-state index is 0.826. The van der Waals surface area contributed by atoms with Crippen LogP contribution in [0.4, 0.5) is 0 Å². The molecular weight excluding hydrogens is 446 g/mol. The summed E-state index contributed by atoms with van der Waals surface area (Å²) in [4.78, 5) is 1.51. The van der Waals surface area contributed by atoms with Crippen LogP contribution in [0.5, 0.6) is 0 Å². The van der Waals surface area contributed by atoms with Crippen molar-refractivity contribution in [1.82, 2.24) is 20.2 Å². The van der Waals surface area contributed by atoms with E-state index >= 15 is 0 Å². The fraction of sp³-hybridized carbons (Fsp3) is 0.263. The fourth-order valence-electron chi connectivity index (χ4n) is 2.52. The average molecular weight is 467 g/mol. The molecule has 2 aromatic carbocycles. The number of nitrogens with zero attached hydrogens (tertiary/aromatic N) is 4. The zero-order valence-corrected chi connectivity index (χ0v) is 18.5. The summed E-state index contributed by atoms with van der Waals surface area (Å²) < 4.78 is 0. The molecule has 26 heavy (non-hydrogen) atoms. The summed E-state index contributed by atoms with van der Waals surface area (Å²) >= 11 is -0.826.